The summed E-state index contributed by atoms with van der Waals surface area (Å²) in [5, 5.41) is 0. The highest BCUT2D eigenvalue weighted by Gasteiger charge is 2.40. The molecular weight excluding hydrogens is 214 g/mol. The molecule has 2 aliphatic heterocycles. The maximum Gasteiger partial charge on any atom is 0.0702 e. The third kappa shape index (κ3) is 3.19. The Balaban J connectivity index is 1.37. The molecule has 3 fully saturated rings. The molecule has 2 heterocycles. The van der Waals surface area contributed by atoms with Gasteiger partial charge in [-0.3, -0.25) is 9.80 Å². The number of rotatable bonds is 4. The minimum atomic E-state index is 0.177. The zero-order chi connectivity index (χ0) is 11.7. The number of nitrogens with two attached hydrogens (primary N) is 1. The van der Waals surface area contributed by atoms with Gasteiger partial charge in [0.25, 0.3) is 0 Å². The van der Waals surface area contributed by atoms with Crippen molar-refractivity contribution in [3.63, 3.8) is 0 Å². The van der Waals surface area contributed by atoms with Gasteiger partial charge in [0, 0.05) is 51.4 Å². The lowest BCUT2D eigenvalue weighted by Gasteiger charge is -2.36. The molecule has 98 valence electrons. The summed E-state index contributed by atoms with van der Waals surface area (Å²) in [6.07, 6.45) is 5.46. The first-order valence-electron chi connectivity index (χ1n) is 7.09. The summed E-state index contributed by atoms with van der Waals surface area (Å²) in [7, 11) is 0. The predicted molar refractivity (Wildman–Crippen MR) is 68.0 cm³/mol. The number of hydrogen-bond acceptors (Lipinski definition) is 4. The van der Waals surface area contributed by atoms with Crippen LogP contribution in [0.1, 0.15) is 25.7 Å². The number of piperazine rings is 1. The van der Waals surface area contributed by atoms with Gasteiger partial charge >= 0.3 is 0 Å². The van der Waals surface area contributed by atoms with E-state index in [0.717, 1.165) is 19.7 Å². The van der Waals surface area contributed by atoms with Crippen LogP contribution >= 0.6 is 0 Å². The second-order valence-electron chi connectivity index (χ2n) is 6.07. The van der Waals surface area contributed by atoms with E-state index in [1.165, 1.54) is 51.9 Å². The molecule has 1 aliphatic carbocycles. The smallest absolute Gasteiger partial charge is 0.0702 e. The maximum absolute atomic E-state index is 6.17. The van der Waals surface area contributed by atoms with Gasteiger partial charge in [-0.2, -0.15) is 0 Å². The highest BCUT2D eigenvalue weighted by molar-refractivity contribution is 5.01. The molecule has 3 rings (SSSR count). The number of hydrogen-bond donors (Lipinski definition) is 1. The lowest BCUT2D eigenvalue weighted by Crippen LogP contribution is -2.51. The minimum absolute atomic E-state index is 0.177. The molecule has 1 saturated carbocycles. The summed E-state index contributed by atoms with van der Waals surface area (Å²) in [6, 6.07) is 0. The third-order valence-electron chi connectivity index (χ3n) is 4.38. The van der Waals surface area contributed by atoms with Crippen LogP contribution in [-0.4, -0.2) is 67.3 Å². The van der Waals surface area contributed by atoms with Crippen molar-refractivity contribution in [2.24, 2.45) is 5.73 Å². The molecule has 0 radical (unpaired) electrons. The van der Waals surface area contributed by atoms with E-state index in [1.54, 1.807) is 0 Å². The Morgan fingerprint density at radius 1 is 1.12 bits per heavy atom. The summed E-state index contributed by atoms with van der Waals surface area (Å²) in [5.74, 6) is 0. The van der Waals surface area contributed by atoms with Crippen molar-refractivity contribution in [1.82, 2.24) is 9.80 Å². The second-order valence-corrected chi connectivity index (χ2v) is 6.07. The topological polar surface area (TPSA) is 41.7 Å². The Kier molecular flexibility index (Phi) is 3.39. The van der Waals surface area contributed by atoms with Crippen molar-refractivity contribution in [2.45, 2.75) is 37.3 Å². The first kappa shape index (κ1) is 11.9. The largest absolute Gasteiger partial charge is 0.377 e. The third-order valence-corrected chi connectivity index (χ3v) is 4.38. The Hall–Kier alpha value is -0.160. The van der Waals surface area contributed by atoms with Crippen LogP contribution < -0.4 is 5.73 Å². The van der Waals surface area contributed by atoms with Gasteiger partial charge < -0.3 is 10.5 Å². The normalized spacial score (nSPS) is 34.1. The van der Waals surface area contributed by atoms with E-state index in [4.69, 9.17) is 10.5 Å². The van der Waals surface area contributed by atoms with Gasteiger partial charge in [-0.05, 0) is 25.7 Å². The minimum Gasteiger partial charge on any atom is -0.377 e. The summed E-state index contributed by atoms with van der Waals surface area (Å²) in [4.78, 5) is 5.10. The standard InChI is InChI=1S/C13H25N3O/c14-13(3-4-13)11-16-7-5-15(6-8-16)10-12-2-1-9-17-12/h12H,1-11,14H2. The van der Waals surface area contributed by atoms with Crippen LogP contribution in [0.15, 0.2) is 0 Å². The van der Waals surface area contributed by atoms with Crippen LogP contribution in [0.5, 0.6) is 0 Å². The van der Waals surface area contributed by atoms with Gasteiger partial charge in [-0.15, -0.1) is 0 Å². The summed E-state index contributed by atoms with van der Waals surface area (Å²) in [6.45, 7) is 7.98. The monoisotopic (exact) mass is 239 g/mol. The van der Waals surface area contributed by atoms with Crippen LogP contribution in [0.3, 0.4) is 0 Å². The van der Waals surface area contributed by atoms with Crippen molar-refractivity contribution in [3.05, 3.63) is 0 Å². The molecule has 17 heavy (non-hydrogen) atoms. The van der Waals surface area contributed by atoms with Gasteiger partial charge in [0.05, 0.1) is 6.10 Å². The van der Waals surface area contributed by atoms with Crippen LogP contribution in [0.25, 0.3) is 0 Å². The van der Waals surface area contributed by atoms with E-state index < -0.39 is 0 Å². The van der Waals surface area contributed by atoms with E-state index in [0.29, 0.717) is 6.10 Å². The molecule has 1 atom stereocenters. The van der Waals surface area contributed by atoms with E-state index in [2.05, 4.69) is 9.80 Å². The Morgan fingerprint density at radius 2 is 1.82 bits per heavy atom. The number of ether oxygens (including phenoxy) is 1. The zero-order valence-corrected chi connectivity index (χ0v) is 10.7. The zero-order valence-electron chi connectivity index (χ0n) is 10.7. The Labute approximate surface area is 104 Å². The molecule has 2 saturated heterocycles. The molecule has 0 aromatic rings. The SMILES string of the molecule is NC1(CN2CCN(CC3CCCO3)CC2)CC1. The Bertz CT molecular complexity index is 253. The van der Waals surface area contributed by atoms with E-state index in [-0.39, 0.29) is 5.54 Å². The average Bonchev–Trinajstić information content (AvgIpc) is 2.84. The van der Waals surface area contributed by atoms with Gasteiger partial charge in [-0.1, -0.05) is 0 Å². The first-order chi connectivity index (χ1) is 8.23. The van der Waals surface area contributed by atoms with Crippen molar-refractivity contribution in [2.75, 3.05) is 45.9 Å². The molecule has 2 N–H and O–H groups in total. The van der Waals surface area contributed by atoms with Gasteiger partial charge in [0.15, 0.2) is 0 Å². The fraction of sp³-hybridized carbons (Fsp3) is 1.00. The van der Waals surface area contributed by atoms with E-state index >= 15 is 0 Å². The van der Waals surface area contributed by atoms with Crippen LogP contribution in [-0.2, 0) is 4.74 Å². The summed E-state index contributed by atoms with van der Waals surface area (Å²) >= 11 is 0. The molecule has 0 amide bonds. The molecule has 0 bridgehead atoms. The lowest BCUT2D eigenvalue weighted by molar-refractivity contribution is 0.0488. The molecule has 1 unspecified atom stereocenters. The lowest BCUT2D eigenvalue weighted by atomic mass is 10.2. The van der Waals surface area contributed by atoms with Gasteiger partial charge in [-0.25, -0.2) is 0 Å². The molecule has 4 heteroatoms. The van der Waals surface area contributed by atoms with E-state index in [9.17, 15) is 0 Å². The molecular formula is C13H25N3O. The van der Waals surface area contributed by atoms with Gasteiger partial charge in [0.2, 0.25) is 0 Å². The van der Waals surface area contributed by atoms with Crippen molar-refractivity contribution < 1.29 is 4.74 Å². The van der Waals surface area contributed by atoms with Gasteiger partial charge in [0.1, 0.15) is 0 Å². The summed E-state index contributed by atoms with van der Waals surface area (Å²) in [5.41, 5.74) is 6.35. The van der Waals surface area contributed by atoms with Crippen molar-refractivity contribution in [1.29, 1.82) is 0 Å². The van der Waals surface area contributed by atoms with Crippen molar-refractivity contribution in [3.8, 4) is 0 Å². The summed E-state index contributed by atoms with van der Waals surface area (Å²) < 4.78 is 5.70. The maximum atomic E-state index is 6.17. The molecule has 4 nitrogen and oxygen atoms in total. The highest BCUT2D eigenvalue weighted by Crippen LogP contribution is 2.33. The fourth-order valence-electron chi connectivity index (χ4n) is 2.97. The van der Waals surface area contributed by atoms with Crippen LogP contribution in [0.4, 0.5) is 0 Å². The van der Waals surface area contributed by atoms with Crippen molar-refractivity contribution >= 4 is 0 Å². The highest BCUT2D eigenvalue weighted by atomic mass is 16.5. The van der Waals surface area contributed by atoms with E-state index in [1.807, 2.05) is 0 Å². The quantitative estimate of drug-likeness (QED) is 0.765. The molecule has 0 aromatic carbocycles. The van der Waals surface area contributed by atoms with Crippen LogP contribution in [0.2, 0.25) is 0 Å². The fourth-order valence-corrected chi connectivity index (χ4v) is 2.97. The number of nitrogens with zero attached hydrogens (tertiary/aromatic N) is 2. The molecule has 0 aromatic heterocycles. The van der Waals surface area contributed by atoms with Crippen LogP contribution in [0, 0.1) is 0 Å². The predicted octanol–water partition coefficient (Wildman–Crippen LogP) is 0.274. The second kappa shape index (κ2) is 4.84. The Morgan fingerprint density at radius 3 is 2.41 bits per heavy atom. The molecule has 0 spiro atoms. The first-order valence-corrected chi connectivity index (χ1v) is 7.09. The average molecular weight is 239 g/mol. The molecule has 3 aliphatic rings.